The Bertz CT molecular complexity index is 933. The number of rotatable bonds is 4. The number of thiazole rings is 1. The van der Waals surface area contributed by atoms with Crippen molar-refractivity contribution >= 4 is 39.5 Å². The molecule has 8 heteroatoms. The maximum atomic E-state index is 10.9. The monoisotopic (exact) mass is 411 g/mol. The summed E-state index contributed by atoms with van der Waals surface area (Å²) in [4.78, 5) is 7.57. The van der Waals surface area contributed by atoms with Crippen molar-refractivity contribution in [1.82, 2.24) is 14.6 Å². The van der Waals surface area contributed by atoms with Crippen LogP contribution in [0.25, 0.3) is 4.96 Å². The van der Waals surface area contributed by atoms with Gasteiger partial charge < -0.3 is 10.0 Å². The van der Waals surface area contributed by atoms with E-state index in [0.717, 1.165) is 40.7 Å². The van der Waals surface area contributed by atoms with Gasteiger partial charge in [-0.1, -0.05) is 47.5 Å². The molecule has 1 fully saturated rings. The van der Waals surface area contributed by atoms with Crippen LogP contribution in [0.2, 0.25) is 10.0 Å². The van der Waals surface area contributed by atoms with Crippen LogP contribution in [0.3, 0.4) is 0 Å². The molecule has 138 valence electrons. The summed E-state index contributed by atoms with van der Waals surface area (Å²) in [5.74, 6) is 0.931. The van der Waals surface area contributed by atoms with Gasteiger partial charge in [0.2, 0.25) is 10.8 Å². The molecule has 1 aromatic carbocycles. The Morgan fingerprint density at radius 1 is 1.23 bits per heavy atom. The van der Waals surface area contributed by atoms with Crippen LogP contribution in [0.4, 0.5) is 0 Å². The number of aryl methyl sites for hydroxylation is 1. The molecule has 1 atom stereocenters. The van der Waals surface area contributed by atoms with Crippen molar-refractivity contribution in [1.29, 1.82) is 0 Å². The first-order valence-corrected chi connectivity index (χ1v) is 10.5. The zero-order valence-electron chi connectivity index (χ0n) is 14.5. The van der Waals surface area contributed by atoms with E-state index in [1.807, 2.05) is 25.1 Å². The zero-order chi connectivity index (χ0) is 18.3. The number of piperidine rings is 1. The number of quaternary nitrogens is 1. The second-order valence-electron chi connectivity index (χ2n) is 6.69. The number of aromatic hydroxyl groups is 1. The highest BCUT2D eigenvalue weighted by molar-refractivity contribution is 7.17. The minimum atomic E-state index is 0.00337. The minimum absolute atomic E-state index is 0.00337. The molecular formula is C18H21Cl2N4OS+. The van der Waals surface area contributed by atoms with Crippen LogP contribution in [-0.4, -0.2) is 32.8 Å². The molecule has 3 aromatic rings. The number of aromatic nitrogens is 3. The molecule has 1 aliphatic heterocycles. The van der Waals surface area contributed by atoms with Crippen molar-refractivity contribution in [2.24, 2.45) is 0 Å². The third-order valence-corrected chi connectivity index (χ3v) is 6.83. The maximum Gasteiger partial charge on any atom is 0.235 e. The van der Waals surface area contributed by atoms with Gasteiger partial charge >= 0.3 is 0 Å². The lowest BCUT2D eigenvalue weighted by atomic mass is 10.0. The first-order chi connectivity index (χ1) is 12.6. The van der Waals surface area contributed by atoms with Crippen molar-refractivity contribution in [3.05, 3.63) is 44.5 Å². The quantitative estimate of drug-likeness (QED) is 0.690. The van der Waals surface area contributed by atoms with Gasteiger partial charge in [0.05, 0.1) is 23.1 Å². The van der Waals surface area contributed by atoms with Crippen molar-refractivity contribution in [2.45, 2.75) is 38.6 Å². The topological polar surface area (TPSA) is 54.9 Å². The lowest BCUT2D eigenvalue weighted by Gasteiger charge is -2.31. The van der Waals surface area contributed by atoms with Crippen molar-refractivity contribution in [2.75, 3.05) is 13.1 Å². The molecular weight excluding hydrogens is 391 g/mol. The number of nitrogens with zero attached hydrogens (tertiary/aromatic N) is 3. The molecule has 0 saturated carbocycles. The summed E-state index contributed by atoms with van der Waals surface area (Å²) in [6.45, 7) is 4.14. The normalized spacial score (nSPS) is 17.0. The van der Waals surface area contributed by atoms with Crippen LogP contribution >= 0.6 is 34.5 Å². The Hall–Kier alpha value is -1.34. The van der Waals surface area contributed by atoms with E-state index in [0.29, 0.717) is 10.0 Å². The highest BCUT2D eigenvalue weighted by Crippen LogP contribution is 2.36. The second kappa shape index (κ2) is 7.35. The first kappa shape index (κ1) is 18.0. The van der Waals surface area contributed by atoms with Gasteiger partial charge in [-0.2, -0.15) is 4.52 Å². The van der Waals surface area contributed by atoms with Crippen LogP contribution < -0.4 is 4.90 Å². The fourth-order valence-corrected chi connectivity index (χ4v) is 5.15. The van der Waals surface area contributed by atoms with Crippen molar-refractivity contribution in [3.8, 4) is 5.88 Å². The number of benzene rings is 1. The molecule has 0 spiro atoms. The van der Waals surface area contributed by atoms with Gasteiger partial charge in [0, 0.05) is 12.0 Å². The fraction of sp³-hybridized carbons (Fsp3) is 0.444. The van der Waals surface area contributed by atoms with Crippen LogP contribution in [0.1, 0.15) is 48.5 Å². The largest absolute Gasteiger partial charge is 0.492 e. The van der Waals surface area contributed by atoms with Gasteiger partial charge in [-0.15, -0.1) is 5.10 Å². The summed E-state index contributed by atoms with van der Waals surface area (Å²) in [7, 11) is 0. The molecule has 2 N–H and O–H groups in total. The van der Waals surface area contributed by atoms with Gasteiger partial charge in [0.25, 0.3) is 0 Å². The van der Waals surface area contributed by atoms with Gasteiger partial charge in [-0.3, -0.25) is 0 Å². The highest BCUT2D eigenvalue weighted by atomic mass is 35.5. The summed E-state index contributed by atoms with van der Waals surface area (Å²) in [5.41, 5.74) is 1.06. The van der Waals surface area contributed by atoms with E-state index in [1.165, 1.54) is 35.5 Å². The molecule has 0 aliphatic carbocycles. The summed E-state index contributed by atoms with van der Waals surface area (Å²) >= 11 is 13.9. The van der Waals surface area contributed by atoms with E-state index in [9.17, 15) is 5.11 Å². The number of hydrogen-bond donors (Lipinski definition) is 2. The lowest BCUT2D eigenvalue weighted by Crippen LogP contribution is -3.13. The Morgan fingerprint density at radius 2 is 2.00 bits per heavy atom. The van der Waals surface area contributed by atoms with Gasteiger partial charge in [-0.25, -0.2) is 4.98 Å². The molecule has 0 amide bonds. The van der Waals surface area contributed by atoms with E-state index >= 15 is 0 Å². The summed E-state index contributed by atoms with van der Waals surface area (Å²) in [6.07, 6.45) is 4.39. The molecule has 1 aliphatic rings. The standard InChI is InChI=1S/C18H20Cl2N4OS/c1-2-14-21-18-24(22-14)17(25)16(26-18)15(23-8-4-3-5-9-23)11-6-7-12(19)13(20)10-11/h6-7,10,15,25H,2-5,8-9H2,1H3/p+1/t15-/m0/s1. The third kappa shape index (κ3) is 3.20. The van der Waals surface area contributed by atoms with E-state index in [1.54, 1.807) is 4.52 Å². The fourth-order valence-electron chi connectivity index (χ4n) is 3.69. The number of halogens is 2. The van der Waals surface area contributed by atoms with Gasteiger partial charge in [-0.05, 0) is 31.4 Å². The molecule has 0 radical (unpaired) electrons. The highest BCUT2D eigenvalue weighted by Gasteiger charge is 2.34. The number of likely N-dealkylation sites (tertiary alicyclic amines) is 1. The second-order valence-corrected chi connectivity index (χ2v) is 8.51. The molecule has 26 heavy (non-hydrogen) atoms. The summed E-state index contributed by atoms with van der Waals surface area (Å²) in [5, 5.41) is 16.4. The summed E-state index contributed by atoms with van der Waals surface area (Å²) in [6, 6.07) is 5.76. The molecule has 5 nitrogen and oxygen atoms in total. The van der Waals surface area contributed by atoms with Crippen LogP contribution in [0.5, 0.6) is 5.88 Å². The van der Waals surface area contributed by atoms with Crippen molar-refractivity contribution < 1.29 is 10.0 Å². The minimum Gasteiger partial charge on any atom is -0.492 e. The third-order valence-electron chi connectivity index (χ3n) is 5.00. The van der Waals surface area contributed by atoms with Gasteiger partial charge in [0.1, 0.15) is 4.88 Å². The van der Waals surface area contributed by atoms with Crippen LogP contribution in [-0.2, 0) is 6.42 Å². The zero-order valence-corrected chi connectivity index (χ0v) is 16.8. The number of hydrogen-bond acceptors (Lipinski definition) is 4. The molecule has 2 aromatic heterocycles. The Labute approximate surface area is 166 Å². The SMILES string of the molecule is CCc1nc2sc([C@H](c3ccc(Cl)c(Cl)c3)[NH+]3CCCCC3)c(O)n2n1. The van der Waals surface area contributed by atoms with Crippen LogP contribution in [0, 0.1) is 0 Å². The van der Waals surface area contributed by atoms with E-state index in [4.69, 9.17) is 23.2 Å². The Balaban J connectivity index is 1.83. The van der Waals surface area contributed by atoms with Crippen LogP contribution in [0.15, 0.2) is 18.2 Å². The molecule has 0 bridgehead atoms. The maximum absolute atomic E-state index is 10.9. The molecule has 3 heterocycles. The van der Waals surface area contributed by atoms with E-state index in [2.05, 4.69) is 10.1 Å². The van der Waals surface area contributed by atoms with Crippen molar-refractivity contribution in [3.63, 3.8) is 0 Å². The van der Waals surface area contributed by atoms with E-state index in [-0.39, 0.29) is 11.9 Å². The molecule has 4 rings (SSSR count). The molecule has 0 unspecified atom stereocenters. The predicted octanol–water partition coefficient (Wildman–Crippen LogP) is 3.52. The van der Waals surface area contributed by atoms with E-state index < -0.39 is 0 Å². The van der Waals surface area contributed by atoms with Gasteiger partial charge in [0.15, 0.2) is 11.9 Å². The Morgan fingerprint density at radius 3 is 2.65 bits per heavy atom. The first-order valence-electron chi connectivity index (χ1n) is 8.95. The average molecular weight is 412 g/mol. The smallest absolute Gasteiger partial charge is 0.235 e. The number of fused-ring (bicyclic) bond motifs is 1. The average Bonchev–Trinajstić information content (AvgIpc) is 3.19. The number of nitrogens with one attached hydrogen (secondary N) is 1. The summed E-state index contributed by atoms with van der Waals surface area (Å²) < 4.78 is 1.56. The Kier molecular flexibility index (Phi) is 5.10. The molecule has 1 saturated heterocycles. The predicted molar refractivity (Wildman–Crippen MR) is 105 cm³/mol. The lowest BCUT2D eigenvalue weighted by molar-refractivity contribution is -0.929.